The first-order valence-corrected chi connectivity index (χ1v) is 6.76. The van der Waals surface area contributed by atoms with Crippen molar-refractivity contribution in [3.63, 3.8) is 0 Å². The predicted molar refractivity (Wildman–Crippen MR) is 77.4 cm³/mol. The standard InChI is InChI=1S/C16H16N2O4.Li/c1-2-22-16(21)15(20)8-14(19)13-10-18(11-17-13)9-12-6-4-3-5-7-12;/h3-8,10-11,19H,2,9H2,1H3;/q;+1/p-1. The minimum atomic E-state index is -1.04. The fourth-order valence-electron chi connectivity index (χ4n) is 1.82. The zero-order valence-corrected chi connectivity index (χ0v) is 13.1. The van der Waals surface area contributed by atoms with Gasteiger partial charge < -0.3 is 14.4 Å². The number of aromatic nitrogens is 2. The summed E-state index contributed by atoms with van der Waals surface area (Å²) < 4.78 is 6.25. The van der Waals surface area contributed by atoms with E-state index in [0.717, 1.165) is 5.56 Å². The first kappa shape index (κ1) is 18.8. The number of benzene rings is 1. The smallest absolute Gasteiger partial charge is 0.871 e. The summed E-state index contributed by atoms with van der Waals surface area (Å²) in [6.45, 7) is 2.23. The molecular formula is C16H15LiN2O4. The first-order chi connectivity index (χ1) is 10.6. The summed E-state index contributed by atoms with van der Waals surface area (Å²) in [6, 6.07) is 9.67. The number of hydrogen-bond acceptors (Lipinski definition) is 5. The molecule has 0 aliphatic rings. The third-order valence-electron chi connectivity index (χ3n) is 2.83. The molecule has 0 aliphatic heterocycles. The van der Waals surface area contributed by atoms with E-state index in [4.69, 9.17) is 0 Å². The summed E-state index contributed by atoms with van der Waals surface area (Å²) in [4.78, 5) is 26.6. The zero-order chi connectivity index (χ0) is 15.9. The largest absolute Gasteiger partial charge is 1.00 e. The van der Waals surface area contributed by atoms with Gasteiger partial charge in [0.05, 0.1) is 18.6 Å². The molecule has 0 fully saturated rings. The summed E-state index contributed by atoms with van der Waals surface area (Å²) in [7, 11) is 0. The Morgan fingerprint density at radius 1 is 1.30 bits per heavy atom. The first-order valence-electron chi connectivity index (χ1n) is 6.76. The molecule has 0 saturated heterocycles. The minimum Gasteiger partial charge on any atom is -0.871 e. The van der Waals surface area contributed by atoms with E-state index in [1.165, 1.54) is 12.5 Å². The quantitative estimate of drug-likeness (QED) is 0.198. The van der Waals surface area contributed by atoms with Crippen LogP contribution in [0.1, 0.15) is 18.2 Å². The van der Waals surface area contributed by atoms with E-state index in [1.807, 2.05) is 30.3 Å². The number of nitrogens with zero attached hydrogens (tertiary/aromatic N) is 2. The number of hydrogen-bond donors (Lipinski definition) is 0. The van der Waals surface area contributed by atoms with Crippen LogP contribution < -0.4 is 24.0 Å². The molecule has 2 aromatic rings. The van der Waals surface area contributed by atoms with Gasteiger partial charge in [-0.25, -0.2) is 9.78 Å². The molecule has 1 aromatic heterocycles. The Morgan fingerprint density at radius 2 is 2.00 bits per heavy atom. The number of imidazole rings is 1. The van der Waals surface area contributed by atoms with Gasteiger partial charge in [0.15, 0.2) is 0 Å². The molecule has 1 aromatic carbocycles. The van der Waals surface area contributed by atoms with Crippen molar-refractivity contribution < 1.29 is 38.3 Å². The maximum atomic E-state index is 11.9. The van der Waals surface area contributed by atoms with E-state index in [9.17, 15) is 14.7 Å². The van der Waals surface area contributed by atoms with Crippen LogP contribution in [0.4, 0.5) is 0 Å². The van der Waals surface area contributed by atoms with E-state index in [-0.39, 0.29) is 31.2 Å². The SMILES string of the molecule is CCOC(=O)C(=O)C=C([O-])c1cn(Cc2ccccc2)cn1.[Li+]. The van der Waals surface area contributed by atoms with Crippen LogP contribution in [0.2, 0.25) is 0 Å². The van der Waals surface area contributed by atoms with Crippen LogP contribution in [0.5, 0.6) is 0 Å². The monoisotopic (exact) mass is 306 g/mol. The Bertz CT molecular complexity index is 695. The van der Waals surface area contributed by atoms with Crippen molar-refractivity contribution in [3.8, 4) is 0 Å². The van der Waals surface area contributed by atoms with Gasteiger partial charge in [0, 0.05) is 12.7 Å². The molecule has 2 rings (SSSR count). The molecule has 6 nitrogen and oxygen atoms in total. The molecule has 1 heterocycles. The summed E-state index contributed by atoms with van der Waals surface area (Å²) >= 11 is 0. The molecule has 23 heavy (non-hydrogen) atoms. The number of ketones is 1. The van der Waals surface area contributed by atoms with Crippen molar-refractivity contribution in [2.45, 2.75) is 13.5 Å². The van der Waals surface area contributed by atoms with Crippen LogP contribution in [-0.4, -0.2) is 27.9 Å². The number of carbonyl (C=O) groups excluding carboxylic acids is 2. The summed E-state index contributed by atoms with van der Waals surface area (Å²) in [5.74, 6) is -2.64. The number of carbonyl (C=O) groups is 2. The molecule has 7 heteroatoms. The van der Waals surface area contributed by atoms with E-state index in [1.54, 1.807) is 11.5 Å². The number of rotatable bonds is 6. The van der Waals surface area contributed by atoms with Gasteiger partial charge >= 0.3 is 24.8 Å². The molecule has 0 bridgehead atoms. The summed E-state index contributed by atoms with van der Waals surface area (Å²) in [5, 5.41) is 11.9. The van der Waals surface area contributed by atoms with Gasteiger partial charge in [0.1, 0.15) is 0 Å². The second-order valence-corrected chi connectivity index (χ2v) is 4.51. The Hall–Kier alpha value is -2.29. The van der Waals surface area contributed by atoms with Gasteiger partial charge in [-0.15, -0.1) is 0 Å². The van der Waals surface area contributed by atoms with Crippen molar-refractivity contribution in [2.24, 2.45) is 0 Å². The van der Waals surface area contributed by atoms with E-state index < -0.39 is 17.5 Å². The second kappa shape index (κ2) is 8.98. The van der Waals surface area contributed by atoms with Crippen LogP contribution in [0, 0.1) is 0 Å². The van der Waals surface area contributed by atoms with E-state index in [2.05, 4.69) is 9.72 Å². The molecule has 0 spiro atoms. The Balaban J connectivity index is 0.00000264. The predicted octanol–water partition coefficient (Wildman–Crippen LogP) is -2.23. The summed E-state index contributed by atoms with van der Waals surface area (Å²) in [6.07, 6.45) is 3.74. The molecule has 0 unspecified atom stereocenters. The second-order valence-electron chi connectivity index (χ2n) is 4.51. The molecule has 114 valence electrons. The van der Waals surface area contributed by atoms with Crippen molar-refractivity contribution >= 4 is 17.5 Å². The molecule has 0 saturated carbocycles. The van der Waals surface area contributed by atoms with Crippen LogP contribution in [0.3, 0.4) is 0 Å². The minimum absolute atomic E-state index is 0. The maximum Gasteiger partial charge on any atom is 1.00 e. The fourth-order valence-corrected chi connectivity index (χ4v) is 1.82. The van der Waals surface area contributed by atoms with Gasteiger partial charge in [0.25, 0.3) is 5.78 Å². The van der Waals surface area contributed by atoms with Gasteiger partial charge in [-0.05, 0) is 18.6 Å². The van der Waals surface area contributed by atoms with Gasteiger partial charge in [-0.3, -0.25) is 4.79 Å². The molecule has 0 N–H and O–H groups in total. The Labute approximate surface area is 146 Å². The summed E-state index contributed by atoms with van der Waals surface area (Å²) in [5.41, 5.74) is 1.17. The van der Waals surface area contributed by atoms with Crippen molar-refractivity contribution in [1.29, 1.82) is 0 Å². The zero-order valence-electron chi connectivity index (χ0n) is 13.1. The molecule has 0 aliphatic carbocycles. The molecule has 0 amide bonds. The van der Waals surface area contributed by atoms with Crippen LogP contribution in [0.15, 0.2) is 48.9 Å². The van der Waals surface area contributed by atoms with Gasteiger partial charge in [0.2, 0.25) is 0 Å². The topological polar surface area (TPSA) is 84.3 Å². The van der Waals surface area contributed by atoms with Crippen molar-refractivity contribution in [2.75, 3.05) is 6.61 Å². The molecule has 0 atom stereocenters. The van der Waals surface area contributed by atoms with Crippen molar-refractivity contribution in [3.05, 3.63) is 60.2 Å². The van der Waals surface area contributed by atoms with Crippen LogP contribution in [-0.2, 0) is 20.9 Å². The third kappa shape index (κ3) is 5.44. The molecule has 0 radical (unpaired) electrons. The number of esters is 1. The Kier molecular flexibility index (Phi) is 7.33. The maximum absolute atomic E-state index is 11.9. The van der Waals surface area contributed by atoms with Crippen LogP contribution in [0.25, 0.3) is 5.76 Å². The average molecular weight is 306 g/mol. The van der Waals surface area contributed by atoms with Crippen LogP contribution >= 0.6 is 0 Å². The third-order valence-corrected chi connectivity index (χ3v) is 2.83. The fraction of sp³-hybridized carbons (Fsp3) is 0.188. The Morgan fingerprint density at radius 3 is 2.65 bits per heavy atom. The van der Waals surface area contributed by atoms with Crippen molar-refractivity contribution in [1.82, 2.24) is 9.55 Å². The normalized spacial score (nSPS) is 10.7. The van der Waals surface area contributed by atoms with Gasteiger partial charge in [-0.2, -0.15) is 0 Å². The number of ether oxygens (including phenoxy) is 1. The van der Waals surface area contributed by atoms with Gasteiger partial charge in [-0.1, -0.05) is 36.1 Å². The molecular weight excluding hydrogens is 291 g/mol. The van der Waals surface area contributed by atoms with E-state index in [0.29, 0.717) is 12.6 Å². The average Bonchev–Trinajstić information content (AvgIpc) is 2.97. The van der Waals surface area contributed by atoms with E-state index >= 15 is 0 Å².